The van der Waals surface area contributed by atoms with Crippen LogP contribution in [0.15, 0.2) is 40.7 Å². The molecule has 2 N–H and O–H groups in total. The first-order chi connectivity index (χ1) is 16.9. The predicted octanol–water partition coefficient (Wildman–Crippen LogP) is 4.06. The number of thioether (sulfide) groups is 1. The van der Waals surface area contributed by atoms with E-state index in [1.807, 2.05) is 24.3 Å². The number of amides is 2. The number of thiazole rings is 1. The summed E-state index contributed by atoms with van der Waals surface area (Å²) in [6.07, 6.45) is 0. The molecule has 0 aliphatic carbocycles. The van der Waals surface area contributed by atoms with E-state index in [4.69, 9.17) is 9.47 Å². The van der Waals surface area contributed by atoms with Crippen LogP contribution in [0, 0.1) is 10.1 Å². The predicted molar refractivity (Wildman–Crippen MR) is 133 cm³/mol. The monoisotopic (exact) mass is 532 g/mol. The van der Waals surface area contributed by atoms with Crippen LogP contribution < -0.4 is 20.1 Å². The molecule has 0 saturated heterocycles. The van der Waals surface area contributed by atoms with Gasteiger partial charge in [0.15, 0.2) is 21.0 Å². The van der Waals surface area contributed by atoms with E-state index in [0.717, 1.165) is 39.4 Å². The summed E-state index contributed by atoms with van der Waals surface area (Å²) in [5, 5.41) is 25.1. The van der Waals surface area contributed by atoms with Gasteiger partial charge >= 0.3 is 0 Å². The normalized spacial score (nSPS) is 10.7. The van der Waals surface area contributed by atoms with E-state index in [0.29, 0.717) is 9.47 Å². The number of nitro benzene ring substituents is 1. The first-order valence-corrected chi connectivity index (χ1v) is 12.3. The maximum Gasteiger partial charge on any atom is 0.286 e. The van der Waals surface area contributed by atoms with Crippen molar-refractivity contribution in [3.05, 3.63) is 52.1 Å². The van der Waals surface area contributed by atoms with Crippen LogP contribution in [0.1, 0.15) is 10.4 Å². The van der Waals surface area contributed by atoms with Crippen molar-refractivity contribution in [3.63, 3.8) is 0 Å². The van der Waals surface area contributed by atoms with Gasteiger partial charge in [0, 0.05) is 6.07 Å². The minimum atomic E-state index is -0.765. The van der Waals surface area contributed by atoms with Crippen molar-refractivity contribution in [2.24, 2.45) is 0 Å². The quantitative estimate of drug-likeness (QED) is 0.139. The number of rotatable bonds is 9. The molecule has 2 aromatic carbocycles. The smallest absolute Gasteiger partial charge is 0.286 e. The Hall–Kier alpha value is -3.82. The standard InChI is InChI=1S/C20H16N6O6S3/c1-31-13-7-10(12(26(29)30)8-14(13)32-2)17(28)23-19-24-25-20(35-19)33-9-16(27)22-18-21-11-5-3-4-6-15(11)34-18/h3-8H,9H2,1-2H3,(H,21,22,27)(H,23,24,28). The summed E-state index contributed by atoms with van der Waals surface area (Å²) in [5.41, 5.74) is 0.123. The van der Waals surface area contributed by atoms with Crippen molar-refractivity contribution >= 4 is 72.4 Å². The molecule has 180 valence electrons. The highest BCUT2D eigenvalue weighted by molar-refractivity contribution is 8.01. The molecule has 0 radical (unpaired) electrons. The SMILES string of the molecule is COc1cc(C(=O)Nc2nnc(SCC(=O)Nc3nc4ccccc4s3)s2)c([N+](=O)[O-])cc1OC. The zero-order valence-corrected chi connectivity index (χ0v) is 20.6. The van der Waals surface area contributed by atoms with Gasteiger partial charge in [0.1, 0.15) is 5.56 Å². The van der Waals surface area contributed by atoms with Crippen LogP contribution in [-0.2, 0) is 4.79 Å². The molecule has 0 atom stereocenters. The van der Waals surface area contributed by atoms with Crippen LogP contribution in [0.2, 0.25) is 0 Å². The van der Waals surface area contributed by atoms with Crippen LogP contribution in [0.3, 0.4) is 0 Å². The van der Waals surface area contributed by atoms with Crippen molar-refractivity contribution in [2.45, 2.75) is 4.34 Å². The third-order valence-corrected chi connectivity index (χ3v) is 7.36. The third-order valence-electron chi connectivity index (χ3n) is 4.44. The lowest BCUT2D eigenvalue weighted by atomic mass is 10.1. The summed E-state index contributed by atoms with van der Waals surface area (Å²) >= 11 is 3.54. The highest BCUT2D eigenvalue weighted by Crippen LogP contribution is 2.35. The van der Waals surface area contributed by atoms with Crippen molar-refractivity contribution in [3.8, 4) is 11.5 Å². The maximum atomic E-state index is 12.7. The molecule has 2 aromatic heterocycles. The van der Waals surface area contributed by atoms with Gasteiger partial charge < -0.3 is 14.8 Å². The molecule has 0 aliphatic rings. The minimum Gasteiger partial charge on any atom is -0.493 e. The second kappa shape index (κ2) is 10.6. The number of nitro groups is 1. The van der Waals surface area contributed by atoms with Gasteiger partial charge in [-0.15, -0.1) is 10.2 Å². The van der Waals surface area contributed by atoms with Gasteiger partial charge in [-0.05, 0) is 12.1 Å². The van der Waals surface area contributed by atoms with E-state index in [-0.39, 0.29) is 33.9 Å². The zero-order chi connectivity index (χ0) is 24.9. The van der Waals surface area contributed by atoms with Crippen LogP contribution in [-0.4, -0.2) is 51.9 Å². The number of anilines is 2. The second-order valence-corrected chi connectivity index (χ2v) is 9.86. The Kier molecular flexibility index (Phi) is 7.38. The largest absolute Gasteiger partial charge is 0.493 e. The number of benzene rings is 2. The Morgan fingerprint density at radius 3 is 2.51 bits per heavy atom. The molecule has 0 spiro atoms. The molecule has 0 fully saturated rings. The molecule has 4 rings (SSSR count). The Labute approximate surface area is 209 Å². The van der Waals surface area contributed by atoms with Crippen molar-refractivity contribution in [1.29, 1.82) is 0 Å². The van der Waals surface area contributed by atoms with Crippen molar-refractivity contribution < 1.29 is 24.0 Å². The number of nitrogens with one attached hydrogen (secondary N) is 2. The maximum absolute atomic E-state index is 12.7. The molecule has 0 bridgehead atoms. The van der Waals surface area contributed by atoms with E-state index < -0.39 is 16.5 Å². The summed E-state index contributed by atoms with van der Waals surface area (Å²) in [4.78, 5) is 40.1. The van der Waals surface area contributed by atoms with Gasteiger partial charge in [-0.25, -0.2) is 4.98 Å². The molecule has 0 aliphatic heterocycles. The highest BCUT2D eigenvalue weighted by Gasteiger charge is 2.25. The molecule has 2 amide bonds. The second-order valence-electron chi connectivity index (χ2n) is 6.63. The Morgan fingerprint density at radius 2 is 1.80 bits per heavy atom. The summed E-state index contributed by atoms with van der Waals surface area (Å²) in [7, 11) is 2.69. The highest BCUT2D eigenvalue weighted by atomic mass is 32.2. The van der Waals surface area contributed by atoms with Crippen molar-refractivity contribution in [2.75, 3.05) is 30.6 Å². The number of carbonyl (C=O) groups excluding carboxylic acids is 2. The average molecular weight is 533 g/mol. The topological polar surface area (TPSA) is 158 Å². The van der Waals surface area contributed by atoms with E-state index >= 15 is 0 Å². The van der Waals surface area contributed by atoms with Crippen LogP contribution in [0.25, 0.3) is 10.2 Å². The Balaban J connectivity index is 1.38. The summed E-state index contributed by atoms with van der Waals surface area (Å²) in [6, 6.07) is 9.89. The fourth-order valence-electron chi connectivity index (χ4n) is 2.89. The summed E-state index contributed by atoms with van der Waals surface area (Å²) < 4.78 is 11.6. The number of nitrogens with zero attached hydrogens (tertiary/aromatic N) is 4. The lowest BCUT2D eigenvalue weighted by Gasteiger charge is -2.10. The van der Waals surface area contributed by atoms with Crippen molar-refractivity contribution in [1.82, 2.24) is 15.2 Å². The van der Waals surface area contributed by atoms with Crippen LogP contribution >= 0.6 is 34.4 Å². The molecule has 0 saturated carbocycles. The number of hydrogen-bond donors (Lipinski definition) is 2. The lowest BCUT2D eigenvalue weighted by Crippen LogP contribution is -2.14. The molecule has 0 unspecified atom stereocenters. The number of hydrogen-bond acceptors (Lipinski definition) is 12. The van der Waals surface area contributed by atoms with E-state index in [2.05, 4.69) is 25.8 Å². The lowest BCUT2D eigenvalue weighted by molar-refractivity contribution is -0.385. The van der Waals surface area contributed by atoms with Gasteiger partial charge in [-0.3, -0.25) is 25.0 Å². The van der Waals surface area contributed by atoms with Gasteiger partial charge in [0.25, 0.3) is 11.6 Å². The number of aromatic nitrogens is 3. The molecule has 15 heteroatoms. The summed E-state index contributed by atoms with van der Waals surface area (Å²) in [5.74, 6) is -0.695. The average Bonchev–Trinajstić information content (AvgIpc) is 3.47. The number of para-hydroxylation sites is 1. The minimum absolute atomic E-state index is 0.0552. The fraction of sp³-hybridized carbons (Fsp3) is 0.150. The van der Waals surface area contributed by atoms with Gasteiger partial charge in [0.05, 0.1) is 41.2 Å². The molecule has 35 heavy (non-hydrogen) atoms. The van der Waals surface area contributed by atoms with Crippen LogP contribution in [0.5, 0.6) is 11.5 Å². The number of carbonyl (C=O) groups is 2. The Morgan fingerprint density at radius 1 is 1.06 bits per heavy atom. The van der Waals surface area contributed by atoms with Crippen LogP contribution in [0.4, 0.5) is 16.0 Å². The number of fused-ring (bicyclic) bond motifs is 1. The third kappa shape index (κ3) is 5.64. The first-order valence-electron chi connectivity index (χ1n) is 9.71. The number of ether oxygens (including phenoxy) is 2. The van der Waals surface area contributed by atoms with E-state index in [1.165, 1.54) is 31.6 Å². The molecular weight excluding hydrogens is 516 g/mol. The first kappa shape index (κ1) is 24.3. The molecule has 4 aromatic rings. The van der Waals surface area contributed by atoms with Gasteiger partial charge in [-0.2, -0.15) is 0 Å². The fourth-order valence-corrected chi connectivity index (χ4v) is 5.32. The molecular formula is C20H16N6O6S3. The Bertz CT molecular complexity index is 1390. The zero-order valence-electron chi connectivity index (χ0n) is 18.1. The van der Waals surface area contributed by atoms with E-state index in [9.17, 15) is 19.7 Å². The number of methoxy groups -OCH3 is 2. The summed E-state index contributed by atoms with van der Waals surface area (Å²) in [6.45, 7) is 0. The molecule has 2 heterocycles. The van der Waals surface area contributed by atoms with Gasteiger partial charge in [-0.1, -0.05) is 46.6 Å². The van der Waals surface area contributed by atoms with E-state index in [1.54, 1.807) is 0 Å². The molecule has 12 nitrogen and oxygen atoms in total. The van der Waals surface area contributed by atoms with Gasteiger partial charge in [0.2, 0.25) is 11.0 Å².